The van der Waals surface area contributed by atoms with Gasteiger partial charge < -0.3 is 10.2 Å². The maximum atomic E-state index is 12.5. The lowest BCUT2D eigenvalue weighted by Crippen LogP contribution is -2.39. The summed E-state index contributed by atoms with van der Waals surface area (Å²) < 4.78 is 0. The summed E-state index contributed by atoms with van der Waals surface area (Å²) in [4.78, 5) is 29.2. The van der Waals surface area contributed by atoms with Crippen LogP contribution in [0.15, 0.2) is 53.4 Å². The topological polar surface area (TPSA) is 52.7 Å². The molecule has 0 spiro atoms. The molecule has 0 saturated heterocycles. The number of aryl methyl sites for hydroxylation is 1. The highest BCUT2D eigenvalue weighted by Crippen LogP contribution is 2.24. The Morgan fingerprint density at radius 2 is 1.61 bits per heavy atom. The van der Waals surface area contributed by atoms with Crippen molar-refractivity contribution in [1.82, 2.24) is 9.80 Å². The van der Waals surface area contributed by atoms with Crippen LogP contribution in [0.25, 0.3) is 0 Å². The largest absolute Gasteiger partial charge is 0.340 e. The summed E-state index contributed by atoms with van der Waals surface area (Å²) in [7, 11) is 3.57. The van der Waals surface area contributed by atoms with E-state index in [-0.39, 0.29) is 24.9 Å². The number of hydrogen-bond donors (Lipinski definition) is 1. The molecule has 1 N–H and O–H groups in total. The Kier molecular flexibility index (Phi) is 8.54. The van der Waals surface area contributed by atoms with Gasteiger partial charge in [0, 0.05) is 18.5 Å². The van der Waals surface area contributed by atoms with Gasteiger partial charge in [-0.2, -0.15) is 0 Å². The van der Waals surface area contributed by atoms with E-state index in [4.69, 9.17) is 0 Å². The number of rotatable bonds is 9. The lowest BCUT2D eigenvalue weighted by molar-refractivity contribution is -0.131. The number of amides is 2. The van der Waals surface area contributed by atoms with Crippen molar-refractivity contribution in [2.75, 3.05) is 38.8 Å². The highest BCUT2D eigenvalue weighted by molar-refractivity contribution is 7.98. The molecule has 2 amide bonds. The van der Waals surface area contributed by atoms with Gasteiger partial charge in [0.05, 0.1) is 18.8 Å². The summed E-state index contributed by atoms with van der Waals surface area (Å²) in [6.45, 7) is 3.04. The average molecular weight is 400 g/mol. The second-order valence-electron chi connectivity index (χ2n) is 6.84. The minimum Gasteiger partial charge on any atom is -0.340 e. The summed E-state index contributed by atoms with van der Waals surface area (Å²) in [6, 6.07) is 16.0. The zero-order valence-electron chi connectivity index (χ0n) is 17.1. The van der Waals surface area contributed by atoms with E-state index >= 15 is 0 Å². The molecule has 0 fully saturated rings. The Morgan fingerprint density at radius 3 is 2.25 bits per heavy atom. The molecule has 5 nitrogen and oxygen atoms in total. The molecule has 0 saturated carbocycles. The molecule has 0 radical (unpaired) electrons. The van der Waals surface area contributed by atoms with Crippen LogP contribution in [-0.2, 0) is 22.6 Å². The third-order valence-electron chi connectivity index (χ3n) is 4.48. The lowest BCUT2D eigenvalue weighted by atomic mass is 10.1. The first-order chi connectivity index (χ1) is 13.4. The number of hydrogen-bond acceptors (Lipinski definition) is 4. The summed E-state index contributed by atoms with van der Waals surface area (Å²) in [5.41, 5.74) is 3.18. The third-order valence-corrected chi connectivity index (χ3v) is 5.27. The normalized spacial score (nSPS) is 10.8. The van der Waals surface area contributed by atoms with Gasteiger partial charge in [-0.05, 0) is 43.0 Å². The molecule has 28 heavy (non-hydrogen) atoms. The molecule has 0 heterocycles. The van der Waals surface area contributed by atoms with Crippen molar-refractivity contribution in [3.8, 4) is 0 Å². The van der Waals surface area contributed by atoms with Crippen molar-refractivity contribution in [3.05, 3.63) is 59.7 Å². The fourth-order valence-corrected chi connectivity index (χ4v) is 3.39. The molecule has 150 valence electrons. The zero-order chi connectivity index (χ0) is 20.5. The van der Waals surface area contributed by atoms with Gasteiger partial charge in [0.15, 0.2) is 0 Å². The first-order valence-electron chi connectivity index (χ1n) is 9.36. The van der Waals surface area contributed by atoms with Gasteiger partial charge in [0.2, 0.25) is 11.8 Å². The standard InChI is InChI=1S/C22H29N3O2S/c1-5-17-10-12-18(13-11-17)14-25(3)22(27)16-24(2)15-21(26)23-19-8-6-7-9-20(19)28-4/h6-13H,5,14-16H2,1-4H3,(H,23,26). The predicted molar refractivity (Wildman–Crippen MR) is 117 cm³/mol. The Bertz CT molecular complexity index is 793. The van der Waals surface area contributed by atoms with E-state index in [1.165, 1.54) is 5.56 Å². The Morgan fingerprint density at radius 1 is 0.964 bits per heavy atom. The number of thioether (sulfide) groups is 1. The van der Waals surface area contributed by atoms with E-state index in [2.05, 4.69) is 36.5 Å². The fourth-order valence-electron chi connectivity index (χ4n) is 2.83. The monoisotopic (exact) mass is 399 g/mol. The summed E-state index contributed by atoms with van der Waals surface area (Å²) in [6.07, 6.45) is 2.98. The van der Waals surface area contributed by atoms with Crippen molar-refractivity contribution < 1.29 is 9.59 Å². The Labute approximate surface area is 172 Å². The van der Waals surface area contributed by atoms with Crippen molar-refractivity contribution in [2.45, 2.75) is 24.8 Å². The molecule has 2 rings (SSSR count). The molecule has 2 aromatic rings. The fraction of sp³-hybridized carbons (Fsp3) is 0.364. The van der Waals surface area contributed by atoms with E-state index in [0.717, 1.165) is 22.6 Å². The molecule has 0 aliphatic carbocycles. The van der Waals surface area contributed by atoms with E-state index in [1.807, 2.05) is 30.5 Å². The molecule has 0 aromatic heterocycles. The van der Waals surface area contributed by atoms with Gasteiger partial charge in [0.1, 0.15) is 0 Å². The quantitative estimate of drug-likeness (QED) is 0.656. The van der Waals surface area contributed by atoms with Gasteiger partial charge >= 0.3 is 0 Å². The van der Waals surface area contributed by atoms with Gasteiger partial charge in [-0.25, -0.2) is 0 Å². The maximum absolute atomic E-state index is 12.5. The maximum Gasteiger partial charge on any atom is 0.238 e. The number of benzene rings is 2. The van der Waals surface area contributed by atoms with Crippen molar-refractivity contribution >= 4 is 29.3 Å². The molecule has 2 aromatic carbocycles. The summed E-state index contributed by atoms with van der Waals surface area (Å²) >= 11 is 1.58. The van der Waals surface area contributed by atoms with Crippen molar-refractivity contribution in [2.24, 2.45) is 0 Å². The van der Waals surface area contributed by atoms with Crippen LogP contribution in [0.2, 0.25) is 0 Å². The number of para-hydroxylation sites is 1. The number of carbonyl (C=O) groups is 2. The Hall–Kier alpha value is -2.31. The van der Waals surface area contributed by atoms with Crippen LogP contribution in [0.1, 0.15) is 18.1 Å². The predicted octanol–water partition coefficient (Wildman–Crippen LogP) is 3.50. The first-order valence-corrected chi connectivity index (χ1v) is 10.6. The van der Waals surface area contributed by atoms with E-state index < -0.39 is 0 Å². The van der Waals surface area contributed by atoms with E-state index in [0.29, 0.717) is 6.54 Å². The van der Waals surface area contributed by atoms with Crippen molar-refractivity contribution in [3.63, 3.8) is 0 Å². The number of nitrogens with one attached hydrogen (secondary N) is 1. The summed E-state index contributed by atoms with van der Waals surface area (Å²) in [5.74, 6) is -0.144. The second kappa shape index (κ2) is 10.9. The lowest BCUT2D eigenvalue weighted by Gasteiger charge is -2.22. The average Bonchev–Trinajstić information content (AvgIpc) is 2.68. The smallest absolute Gasteiger partial charge is 0.238 e. The number of carbonyl (C=O) groups excluding carboxylic acids is 2. The highest BCUT2D eigenvalue weighted by Gasteiger charge is 2.15. The number of nitrogens with zero attached hydrogens (tertiary/aromatic N) is 2. The molecule has 0 atom stereocenters. The minimum atomic E-state index is -0.130. The van der Waals surface area contributed by atoms with Crippen LogP contribution in [0, 0.1) is 0 Å². The molecule has 0 aliphatic heterocycles. The molecule has 0 unspecified atom stereocenters. The van der Waals surface area contributed by atoms with E-state index in [9.17, 15) is 9.59 Å². The van der Waals surface area contributed by atoms with Crippen LogP contribution in [0.5, 0.6) is 0 Å². The minimum absolute atomic E-state index is 0.0145. The third kappa shape index (κ3) is 6.69. The van der Waals surface area contributed by atoms with E-state index in [1.54, 1.807) is 35.7 Å². The Balaban J connectivity index is 1.82. The SMILES string of the molecule is CCc1ccc(CN(C)C(=O)CN(C)CC(=O)Nc2ccccc2SC)cc1. The highest BCUT2D eigenvalue weighted by atomic mass is 32.2. The van der Waals surface area contributed by atoms with Crippen LogP contribution >= 0.6 is 11.8 Å². The molecule has 0 bridgehead atoms. The second-order valence-corrected chi connectivity index (χ2v) is 7.69. The first kappa shape index (κ1) is 22.0. The van der Waals surface area contributed by atoms with Gasteiger partial charge in [-0.15, -0.1) is 11.8 Å². The molecule has 6 heteroatoms. The van der Waals surface area contributed by atoms with Crippen LogP contribution < -0.4 is 5.32 Å². The van der Waals surface area contributed by atoms with Gasteiger partial charge in [0.25, 0.3) is 0 Å². The molecule has 0 aliphatic rings. The number of likely N-dealkylation sites (N-methyl/N-ethyl adjacent to an activating group) is 2. The molecular weight excluding hydrogens is 370 g/mol. The van der Waals surface area contributed by atoms with Crippen LogP contribution in [0.4, 0.5) is 5.69 Å². The zero-order valence-corrected chi connectivity index (χ0v) is 17.9. The van der Waals surface area contributed by atoms with Crippen molar-refractivity contribution in [1.29, 1.82) is 0 Å². The van der Waals surface area contributed by atoms with Crippen LogP contribution in [0.3, 0.4) is 0 Å². The van der Waals surface area contributed by atoms with Gasteiger partial charge in [-0.3, -0.25) is 14.5 Å². The van der Waals surface area contributed by atoms with Gasteiger partial charge in [-0.1, -0.05) is 43.3 Å². The molecular formula is C22H29N3O2S. The van der Waals surface area contributed by atoms with Crippen LogP contribution in [-0.4, -0.2) is 55.1 Å². The number of anilines is 1. The summed E-state index contributed by atoms with van der Waals surface area (Å²) in [5, 5.41) is 2.92.